The van der Waals surface area contributed by atoms with Gasteiger partial charge in [-0.3, -0.25) is 0 Å². The van der Waals surface area contributed by atoms with E-state index in [1.807, 2.05) is 35.6 Å². The molecule has 0 aliphatic rings. The quantitative estimate of drug-likeness (QED) is 0.183. The SMILES string of the molecule is c1ccc(-c2cc(-c3cc(-c4ccc5sc6ccc7ccccc7c6c5c4)cc(-c4cccc5ccccc45)c3)nc(-c3ccccc3)n2)cc1. The molecule has 10 rings (SSSR count). The number of hydrogen-bond acceptors (Lipinski definition) is 3. The van der Waals surface area contributed by atoms with E-state index in [2.05, 4.69) is 158 Å². The number of thiophene rings is 1. The average Bonchev–Trinajstić information content (AvgIpc) is 3.59. The Morgan fingerprint density at radius 1 is 0.333 bits per heavy atom. The lowest BCUT2D eigenvalue weighted by Gasteiger charge is -2.14. The Morgan fingerprint density at radius 3 is 1.75 bits per heavy atom. The van der Waals surface area contributed by atoms with Gasteiger partial charge >= 0.3 is 0 Å². The van der Waals surface area contributed by atoms with E-state index in [0.29, 0.717) is 5.82 Å². The van der Waals surface area contributed by atoms with Gasteiger partial charge in [-0.1, -0.05) is 140 Å². The van der Waals surface area contributed by atoms with Crippen molar-refractivity contribution in [2.75, 3.05) is 0 Å². The summed E-state index contributed by atoms with van der Waals surface area (Å²) < 4.78 is 2.61. The van der Waals surface area contributed by atoms with Crippen molar-refractivity contribution in [2.24, 2.45) is 0 Å². The molecule has 0 spiro atoms. The van der Waals surface area contributed by atoms with Crippen LogP contribution in [0.5, 0.6) is 0 Å². The molecule has 2 nitrogen and oxygen atoms in total. The van der Waals surface area contributed by atoms with Crippen LogP contribution in [0.15, 0.2) is 182 Å². The molecule has 0 bridgehead atoms. The van der Waals surface area contributed by atoms with Gasteiger partial charge in [-0.2, -0.15) is 0 Å². The minimum absolute atomic E-state index is 0.710. The van der Waals surface area contributed by atoms with Crippen molar-refractivity contribution in [1.82, 2.24) is 9.97 Å². The number of rotatable bonds is 5. The summed E-state index contributed by atoms with van der Waals surface area (Å²) in [6, 6.07) is 65.1. The molecule has 0 atom stereocenters. The van der Waals surface area contributed by atoms with Crippen molar-refractivity contribution in [1.29, 1.82) is 0 Å². The van der Waals surface area contributed by atoms with Gasteiger partial charge in [-0.15, -0.1) is 11.3 Å². The first-order valence-corrected chi connectivity index (χ1v) is 18.0. The van der Waals surface area contributed by atoms with Gasteiger partial charge in [0, 0.05) is 36.9 Å². The molecule has 0 fully saturated rings. The fraction of sp³-hybridized carbons (Fsp3) is 0. The lowest BCUT2D eigenvalue weighted by atomic mass is 9.91. The molecular formula is C48H30N2S. The van der Waals surface area contributed by atoms with Crippen molar-refractivity contribution in [3.8, 4) is 56.2 Å². The summed E-state index contributed by atoms with van der Waals surface area (Å²) in [4.78, 5) is 10.3. The van der Waals surface area contributed by atoms with E-state index in [1.54, 1.807) is 0 Å². The van der Waals surface area contributed by atoms with E-state index < -0.39 is 0 Å². The third-order valence-corrected chi connectivity index (χ3v) is 11.0. The van der Waals surface area contributed by atoms with Crippen LogP contribution < -0.4 is 0 Å². The molecule has 0 aliphatic carbocycles. The molecule has 51 heavy (non-hydrogen) atoms. The summed E-state index contributed by atoms with van der Waals surface area (Å²) in [6.45, 7) is 0. The lowest BCUT2D eigenvalue weighted by Crippen LogP contribution is -1.96. The topological polar surface area (TPSA) is 25.8 Å². The molecule has 0 amide bonds. The smallest absolute Gasteiger partial charge is 0.160 e. The molecule has 0 N–H and O–H groups in total. The first-order valence-electron chi connectivity index (χ1n) is 17.2. The Balaban J connectivity index is 1.23. The fourth-order valence-corrected chi connectivity index (χ4v) is 8.47. The van der Waals surface area contributed by atoms with E-state index in [4.69, 9.17) is 9.97 Å². The summed E-state index contributed by atoms with van der Waals surface area (Å²) in [6.07, 6.45) is 0. The fourth-order valence-electron chi connectivity index (χ4n) is 7.37. The van der Waals surface area contributed by atoms with Crippen LogP contribution in [0.2, 0.25) is 0 Å². The third-order valence-electron chi connectivity index (χ3n) is 9.85. The summed E-state index contributed by atoms with van der Waals surface area (Å²) in [7, 11) is 0. The highest BCUT2D eigenvalue weighted by atomic mass is 32.1. The standard InChI is InChI=1S/C48H30N2S/c1-3-14-33(15-4-1)43-30-44(50-48(49-43)34-16-5-2-6-17-34)38-27-36(26-37(28-38)40-21-11-18-31-12-7-9-19-39(31)40)35-23-24-45-42(29-35)47-41-20-10-8-13-32(41)22-25-46(47)51-45/h1-30H. The van der Waals surface area contributed by atoms with Gasteiger partial charge in [0.15, 0.2) is 5.82 Å². The Kier molecular flexibility index (Phi) is 7.04. The Bertz CT molecular complexity index is 2850. The number of aromatic nitrogens is 2. The van der Waals surface area contributed by atoms with Crippen molar-refractivity contribution in [3.05, 3.63) is 182 Å². The van der Waals surface area contributed by atoms with E-state index in [0.717, 1.165) is 39.2 Å². The maximum Gasteiger partial charge on any atom is 0.160 e. The molecule has 10 aromatic rings. The molecule has 2 heterocycles. The van der Waals surface area contributed by atoms with Gasteiger partial charge in [0.25, 0.3) is 0 Å². The van der Waals surface area contributed by atoms with Crippen molar-refractivity contribution < 1.29 is 0 Å². The molecule has 0 radical (unpaired) electrons. The van der Waals surface area contributed by atoms with Gasteiger partial charge < -0.3 is 0 Å². The van der Waals surface area contributed by atoms with Gasteiger partial charge in [-0.05, 0) is 86.3 Å². The first-order chi connectivity index (χ1) is 25.2. The third kappa shape index (κ3) is 5.27. The molecule has 0 aliphatic heterocycles. The molecule has 8 aromatic carbocycles. The van der Waals surface area contributed by atoms with E-state index in [1.165, 1.54) is 52.8 Å². The van der Waals surface area contributed by atoms with Crippen LogP contribution in [-0.2, 0) is 0 Å². The van der Waals surface area contributed by atoms with Gasteiger partial charge in [-0.25, -0.2) is 9.97 Å². The van der Waals surface area contributed by atoms with Crippen LogP contribution in [-0.4, -0.2) is 9.97 Å². The predicted octanol–water partition coefficient (Wildman–Crippen LogP) is 13.5. The summed E-state index contributed by atoms with van der Waals surface area (Å²) in [5.41, 5.74) is 9.57. The van der Waals surface area contributed by atoms with E-state index in [-0.39, 0.29) is 0 Å². The number of hydrogen-bond donors (Lipinski definition) is 0. The van der Waals surface area contributed by atoms with E-state index >= 15 is 0 Å². The number of benzene rings is 8. The Morgan fingerprint density at radius 2 is 0.941 bits per heavy atom. The van der Waals surface area contributed by atoms with Crippen LogP contribution >= 0.6 is 11.3 Å². The highest BCUT2D eigenvalue weighted by Crippen LogP contribution is 2.42. The highest BCUT2D eigenvalue weighted by molar-refractivity contribution is 7.26. The van der Waals surface area contributed by atoms with Crippen LogP contribution in [0, 0.1) is 0 Å². The summed E-state index contributed by atoms with van der Waals surface area (Å²) in [5, 5.41) is 7.64. The van der Waals surface area contributed by atoms with E-state index in [9.17, 15) is 0 Å². The second-order valence-electron chi connectivity index (χ2n) is 13.0. The number of nitrogens with zero attached hydrogens (tertiary/aromatic N) is 2. The van der Waals surface area contributed by atoms with Crippen LogP contribution in [0.1, 0.15) is 0 Å². The zero-order valence-electron chi connectivity index (χ0n) is 27.6. The Labute approximate surface area is 300 Å². The van der Waals surface area contributed by atoms with Crippen molar-refractivity contribution in [3.63, 3.8) is 0 Å². The first kappa shape index (κ1) is 29.5. The molecule has 0 unspecified atom stereocenters. The van der Waals surface area contributed by atoms with Crippen LogP contribution in [0.3, 0.4) is 0 Å². The predicted molar refractivity (Wildman–Crippen MR) is 217 cm³/mol. The normalized spacial score (nSPS) is 11.5. The highest BCUT2D eigenvalue weighted by Gasteiger charge is 2.16. The molecule has 3 heteroatoms. The minimum atomic E-state index is 0.710. The zero-order chi connectivity index (χ0) is 33.7. The zero-order valence-corrected chi connectivity index (χ0v) is 28.4. The lowest BCUT2D eigenvalue weighted by molar-refractivity contribution is 1.18. The van der Waals surface area contributed by atoms with Crippen LogP contribution in [0.4, 0.5) is 0 Å². The summed E-state index contributed by atoms with van der Waals surface area (Å²) in [5.74, 6) is 0.710. The van der Waals surface area contributed by atoms with Crippen LogP contribution in [0.25, 0.3) is 97.9 Å². The Hall–Kier alpha value is -6.42. The second-order valence-corrected chi connectivity index (χ2v) is 14.1. The maximum absolute atomic E-state index is 5.24. The second kappa shape index (κ2) is 12.2. The minimum Gasteiger partial charge on any atom is -0.228 e. The molecular weight excluding hydrogens is 637 g/mol. The summed E-state index contributed by atoms with van der Waals surface area (Å²) >= 11 is 1.86. The number of fused-ring (bicyclic) bond motifs is 6. The largest absolute Gasteiger partial charge is 0.228 e. The molecule has 238 valence electrons. The van der Waals surface area contributed by atoms with Crippen molar-refractivity contribution >= 4 is 53.1 Å². The molecule has 0 saturated carbocycles. The monoisotopic (exact) mass is 666 g/mol. The molecule has 0 saturated heterocycles. The molecule has 2 aromatic heterocycles. The van der Waals surface area contributed by atoms with Gasteiger partial charge in [0.2, 0.25) is 0 Å². The average molecular weight is 667 g/mol. The maximum atomic E-state index is 5.24. The van der Waals surface area contributed by atoms with Gasteiger partial charge in [0.05, 0.1) is 11.4 Å². The van der Waals surface area contributed by atoms with Crippen molar-refractivity contribution in [2.45, 2.75) is 0 Å². The van der Waals surface area contributed by atoms with Gasteiger partial charge in [0.1, 0.15) is 0 Å².